The van der Waals surface area contributed by atoms with Gasteiger partial charge in [-0.05, 0) is 18.1 Å². The van der Waals surface area contributed by atoms with Gasteiger partial charge in [0.15, 0.2) is 8.32 Å². The highest BCUT2D eigenvalue weighted by Gasteiger charge is 2.36. The van der Waals surface area contributed by atoms with Crippen LogP contribution in [-0.4, -0.2) is 26.3 Å². The molecule has 0 aliphatic heterocycles. The monoisotopic (exact) mass is 189 g/mol. The van der Waals surface area contributed by atoms with Gasteiger partial charge in [-0.1, -0.05) is 25.9 Å². The molecule has 0 aromatic rings. The van der Waals surface area contributed by atoms with E-state index >= 15 is 0 Å². The van der Waals surface area contributed by atoms with Crippen molar-refractivity contribution in [2.45, 2.75) is 38.9 Å². The van der Waals surface area contributed by atoms with Gasteiger partial charge in [0, 0.05) is 0 Å². The second-order valence-corrected chi connectivity index (χ2v) is 9.18. The molecular formula is C8H19NO2Si. The highest BCUT2D eigenvalue weighted by atomic mass is 28.4. The van der Waals surface area contributed by atoms with Gasteiger partial charge in [-0.25, -0.2) is 0 Å². The van der Waals surface area contributed by atoms with Crippen LogP contribution in [0.3, 0.4) is 0 Å². The van der Waals surface area contributed by atoms with Crippen molar-refractivity contribution in [1.82, 2.24) is 0 Å². The number of nitrogens with zero attached hydrogens (tertiary/aromatic N) is 1. The third-order valence-electron chi connectivity index (χ3n) is 2.41. The van der Waals surface area contributed by atoms with Gasteiger partial charge in [-0.2, -0.15) is 0 Å². The topological polar surface area (TPSA) is 41.8 Å². The molecule has 0 radical (unpaired) electrons. The number of rotatable bonds is 3. The Balaban J connectivity index is 4.05. The summed E-state index contributed by atoms with van der Waals surface area (Å²) in [6, 6.07) is 0. The van der Waals surface area contributed by atoms with E-state index in [1.54, 1.807) is 0 Å². The molecule has 4 heteroatoms. The summed E-state index contributed by atoms with van der Waals surface area (Å²) in [6.45, 7) is 11.3. The standard InChI is InChI=1S/C8H19NO2Si/c1-8(2,3)12(4,5)11-7-6-9-10/h6,10H,7H2,1-5H3. The van der Waals surface area contributed by atoms with Crippen molar-refractivity contribution >= 4 is 14.5 Å². The summed E-state index contributed by atoms with van der Waals surface area (Å²) in [5.74, 6) is 0. The van der Waals surface area contributed by atoms with E-state index in [4.69, 9.17) is 9.63 Å². The highest BCUT2D eigenvalue weighted by molar-refractivity contribution is 6.74. The molecule has 3 nitrogen and oxygen atoms in total. The van der Waals surface area contributed by atoms with Crippen molar-refractivity contribution in [1.29, 1.82) is 0 Å². The van der Waals surface area contributed by atoms with Crippen molar-refractivity contribution in [3.05, 3.63) is 0 Å². The van der Waals surface area contributed by atoms with E-state index in [0.717, 1.165) is 0 Å². The van der Waals surface area contributed by atoms with E-state index in [9.17, 15) is 0 Å². The minimum atomic E-state index is -1.64. The van der Waals surface area contributed by atoms with Crippen LogP contribution in [0.2, 0.25) is 18.1 Å². The Kier molecular flexibility index (Phi) is 3.93. The van der Waals surface area contributed by atoms with Gasteiger partial charge in [-0.15, -0.1) is 0 Å². The lowest BCUT2D eigenvalue weighted by molar-refractivity contribution is 0.306. The molecule has 0 saturated carbocycles. The molecule has 0 spiro atoms. The summed E-state index contributed by atoms with van der Waals surface area (Å²) < 4.78 is 5.66. The summed E-state index contributed by atoms with van der Waals surface area (Å²) in [5, 5.41) is 11.3. The number of hydrogen-bond donors (Lipinski definition) is 1. The lowest BCUT2D eigenvalue weighted by Crippen LogP contribution is -2.41. The fourth-order valence-corrected chi connectivity index (χ4v) is 1.42. The molecule has 12 heavy (non-hydrogen) atoms. The number of oxime groups is 1. The van der Waals surface area contributed by atoms with Gasteiger partial charge >= 0.3 is 0 Å². The molecule has 72 valence electrons. The first-order chi connectivity index (χ1) is 5.31. The minimum Gasteiger partial charge on any atom is -0.411 e. The zero-order valence-corrected chi connectivity index (χ0v) is 9.59. The van der Waals surface area contributed by atoms with Crippen LogP contribution in [0.15, 0.2) is 5.16 Å². The molecule has 0 bridgehead atoms. The Labute approximate surface area is 75.6 Å². The Bertz CT molecular complexity index is 161. The van der Waals surface area contributed by atoms with Gasteiger partial charge < -0.3 is 9.63 Å². The predicted molar refractivity (Wildman–Crippen MR) is 53.4 cm³/mol. The molecule has 0 heterocycles. The van der Waals surface area contributed by atoms with Crippen LogP contribution in [0, 0.1) is 0 Å². The third kappa shape index (κ3) is 3.36. The van der Waals surface area contributed by atoms with Crippen LogP contribution in [-0.2, 0) is 4.43 Å². The molecule has 0 rings (SSSR count). The Morgan fingerprint density at radius 3 is 2.25 bits per heavy atom. The van der Waals surface area contributed by atoms with Gasteiger partial charge in [-0.3, -0.25) is 0 Å². The van der Waals surface area contributed by atoms with E-state index in [2.05, 4.69) is 39.0 Å². The van der Waals surface area contributed by atoms with Gasteiger partial charge in [0.2, 0.25) is 0 Å². The minimum absolute atomic E-state index is 0.219. The Morgan fingerprint density at radius 2 is 1.92 bits per heavy atom. The van der Waals surface area contributed by atoms with E-state index in [1.807, 2.05) is 0 Å². The molecule has 0 aliphatic carbocycles. The molecule has 0 saturated heterocycles. The zero-order valence-electron chi connectivity index (χ0n) is 8.59. The average molecular weight is 189 g/mol. The largest absolute Gasteiger partial charge is 0.411 e. The molecule has 0 fully saturated rings. The smallest absolute Gasteiger partial charge is 0.192 e. The zero-order chi connectivity index (χ0) is 9.83. The second-order valence-electron chi connectivity index (χ2n) is 4.37. The van der Waals surface area contributed by atoms with Gasteiger partial charge in [0.25, 0.3) is 0 Å². The first kappa shape index (κ1) is 11.6. The maximum Gasteiger partial charge on any atom is 0.192 e. The van der Waals surface area contributed by atoms with Crippen LogP contribution in [0.4, 0.5) is 0 Å². The lowest BCUT2D eigenvalue weighted by Gasteiger charge is -2.35. The van der Waals surface area contributed by atoms with E-state index in [-0.39, 0.29) is 5.04 Å². The molecule has 0 aromatic heterocycles. The van der Waals surface area contributed by atoms with Crippen molar-refractivity contribution in [2.24, 2.45) is 5.16 Å². The average Bonchev–Trinajstić information content (AvgIpc) is 1.85. The molecular weight excluding hydrogens is 170 g/mol. The maximum atomic E-state index is 8.17. The summed E-state index contributed by atoms with van der Waals surface area (Å²) >= 11 is 0. The number of hydrogen-bond acceptors (Lipinski definition) is 3. The molecule has 0 unspecified atom stereocenters. The molecule has 0 aliphatic rings. The summed E-state index contributed by atoms with van der Waals surface area (Å²) in [6.07, 6.45) is 1.38. The first-order valence-electron chi connectivity index (χ1n) is 4.11. The van der Waals surface area contributed by atoms with Crippen LogP contribution < -0.4 is 0 Å². The molecule has 0 atom stereocenters. The lowest BCUT2D eigenvalue weighted by atomic mass is 10.2. The first-order valence-corrected chi connectivity index (χ1v) is 7.02. The normalized spacial score (nSPS) is 14.1. The van der Waals surface area contributed by atoms with Crippen LogP contribution in [0.1, 0.15) is 20.8 Å². The van der Waals surface area contributed by atoms with Crippen molar-refractivity contribution in [2.75, 3.05) is 6.61 Å². The van der Waals surface area contributed by atoms with E-state index in [1.165, 1.54) is 6.21 Å². The summed E-state index contributed by atoms with van der Waals surface area (Å²) in [5.41, 5.74) is 0. The second kappa shape index (κ2) is 4.05. The van der Waals surface area contributed by atoms with Crippen molar-refractivity contribution in [3.63, 3.8) is 0 Å². The Hall–Kier alpha value is -0.353. The SMILES string of the molecule is CC(C)(C)[Si](C)(C)OCC=NO. The van der Waals surface area contributed by atoms with Crippen LogP contribution in [0.5, 0.6) is 0 Å². The molecule has 0 amide bonds. The summed E-state index contributed by atoms with van der Waals surface area (Å²) in [7, 11) is -1.64. The van der Waals surface area contributed by atoms with Crippen LogP contribution >= 0.6 is 0 Å². The molecule has 1 N–H and O–H groups in total. The van der Waals surface area contributed by atoms with Gasteiger partial charge in [0.05, 0.1) is 12.8 Å². The van der Waals surface area contributed by atoms with E-state index < -0.39 is 8.32 Å². The summed E-state index contributed by atoms with van der Waals surface area (Å²) in [4.78, 5) is 0. The fraction of sp³-hybridized carbons (Fsp3) is 0.875. The van der Waals surface area contributed by atoms with Crippen molar-refractivity contribution in [3.8, 4) is 0 Å². The maximum absolute atomic E-state index is 8.17. The predicted octanol–water partition coefficient (Wildman–Crippen LogP) is 2.47. The fourth-order valence-electron chi connectivity index (χ4n) is 0.495. The highest BCUT2D eigenvalue weighted by Crippen LogP contribution is 2.36. The van der Waals surface area contributed by atoms with E-state index in [0.29, 0.717) is 6.61 Å². The quantitative estimate of drug-likeness (QED) is 0.321. The van der Waals surface area contributed by atoms with Gasteiger partial charge in [0.1, 0.15) is 0 Å². The van der Waals surface area contributed by atoms with Crippen LogP contribution in [0.25, 0.3) is 0 Å². The third-order valence-corrected chi connectivity index (χ3v) is 6.91. The Morgan fingerprint density at radius 1 is 1.42 bits per heavy atom. The van der Waals surface area contributed by atoms with Crippen molar-refractivity contribution < 1.29 is 9.63 Å². The molecule has 0 aromatic carbocycles.